The van der Waals surface area contributed by atoms with Gasteiger partial charge in [0.25, 0.3) is 5.91 Å². The minimum absolute atomic E-state index is 0.0401. The number of nitrogens with zero attached hydrogens (tertiary/aromatic N) is 2. The molecule has 0 radical (unpaired) electrons. The summed E-state index contributed by atoms with van der Waals surface area (Å²) in [4.78, 5) is 26.8. The molecule has 4 rings (SSSR count). The number of rotatable bonds is 4. The number of sulfonamides is 1. The molecule has 2 aromatic carbocycles. The number of amides is 2. The maximum absolute atomic E-state index is 13.3. The molecule has 0 unspecified atom stereocenters. The van der Waals surface area contributed by atoms with E-state index in [0.29, 0.717) is 24.5 Å². The fourth-order valence-corrected chi connectivity index (χ4v) is 5.20. The van der Waals surface area contributed by atoms with Crippen molar-refractivity contribution in [3.05, 3.63) is 48.0 Å². The third kappa shape index (κ3) is 3.47. The Bertz CT molecular complexity index is 1080. The van der Waals surface area contributed by atoms with Gasteiger partial charge in [0.15, 0.2) is 0 Å². The summed E-state index contributed by atoms with van der Waals surface area (Å²) in [6.07, 6.45) is 1.64. The lowest BCUT2D eigenvalue weighted by Crippen LogP contribution is -2.42. The van der Waals surface area contributed by atoms with Crippen LogP contribution in [0.2, 0.25) is 0 Å². The van der Waals surface area contributed by atoms with E-state index in [4.69, 9.17) is 4.74 Å². The summed E-state index contributed by atoms with van der Waals surface area (Å²) in [5.74, 6) is -0.571. The third-order valence-electron chi connectivity index (χ3n) is 5.12. The Hall–Kier alpha value is -2.91. The van der Waals surface area contributed by atoms with Gasteiger partial charge in [-0.05, 0) is 43.2 Å². The van der Waals surface area contributed by atoms with Crippen LogP contribution in [0, 0.1) is 0 Å². The number of benzene rings is 2. The summed E-state index contributed by atoms with van der Waals surface area (Å²) in [5.41, 5.74) is 1.17. The number of hydrogen-bond donors (Lipinski definition) is 1. The Morgan fingerprint density at radius 3 is 2.55 bits per heavy atom. The first-order chi connectivity index (χ1) is 13.9. The predicted molar refractivity (Wildman–Crippen MR) is 108 cm³/mol. The van der Waals surface area contributed by atoms with E-state index in [-0.39, 0.29) is 28.7 Å². The number of nitrogens with one attached hydrogen (secondary N) is 1. The van der Waals surface area contributed by atoms with E-state index >= 15 is 0 Å². The number of hydrogen-bond acceptors (Lipinski definition) is 5. The van der Waals surface area contributed by atoms with Crippen LogP contribution < -0.4 is 15.0 Å². The molecule has 1 fully saturated rings. The molecule has 8 nitrogen and oxygen atoms in total. The highest BCUT2D eigenvalue weighted by Crippen LogP contribution is 2.33. The van der Waals surface area contributed by atoms with Crippen LogP contribution in [-0.4, -0.2) is 51.3 Å². The molecule has 0 aliphatic carbocycles. The summed E-state index contributed by atoms with van der Waals surface area (Å²) < 4.78 is 32.6. The first-order valence-electron chi connectivity index (χ1n) is 9.31. The average molecular weight is 415 g/mol. The van der Waals surface area contributed by atoms with Gasteiger partial charge in [-0.25, -0.2) is 8.42 Å². The van der Waals surface area contributed by atoms with Gasteiger partial charge in [0, 0.05) is 13.1 Å². The Morgan fingerprint density at radius 1 is 1.10 bits per heavy atom. The molecule has 2 heterocycles. The van der Waals surface area contributed by atoms with Crippen LogP contribution in [0.15, 0.2) is 47.4 Å². The second kappa shape index (κ2) is 7.49. The molecule has 152 valence electrons. The number of fused-ring (bicyclic) bond motifs is 1. The molecule has 0 atom stereocenters. The van der Waals surface area contributed by atoms with Crippen molar-refractivity contribution in [1.82, 2.24) is 4.31 Å². The van der Waals surface area contributed by atoms with E-state index in [2.05, 4.69) is 5.32 Å². The van der Waals surface area contributed by atoms with Crippen molar-refractivity contribution in [2.24, 2.45) is 0 Å². The van der Waals surface area contributed by atoms with Crippen LogP contribution in [0.4, 0.5) is 11.4 Å². The van der Waals surface area contributed by atoms with Crippen molar-refractivity contribution in [1.29, 1.82) is 0 Å². The smallest absolute Gasteiger partial charge is 0.262 e. The fourth-order valence-electron chi connectivity index (χ4n) is 3.65. The highest BCUT2D eigenvalue weighted by atomic mass is 32.2. The van der Waals surface area contributed by atoms with Gasteiger partial charge in [-0.1, -0.05) is 12.1 Å². The Kier molecular flexibility index (Phi) is 5.01. The number of carbonyl (C=O) groups is 2. The predicted octanol–water partition coefficient (Wildman–Crippen LogP) is 2.08. The summed E-state index contributed by atoms with van der Waals surface area (Å²) in [6, 6.07) is 11.2. The van der Waals surface area contributed by atoms with Crippen LogP contribution in [0.25, 0.3) is 0 Å². The van der Waals surface area contributed by atoms with Gasteiger partial charge in [-0.15, -0.1) is 0 Å². The van der Waals surface area contributed by atoms with E-state index in [1.54, 1.807) is 24.3 Å². The SMILES string of the molecule is COc1ccc(S(=O)(=O)N2CCCC2)cc1C(=O)N1CC(=O)Nc2ccccc21. The van der Waals surface area contributed by atoms with Crippen molar-refractivity contribution in [3.63, 3.8) is 0 Å². The number of ether oxygens (including phenoxy) is 1. The maximum Gasteiger partial charge on any atom is 0.262 e. The molecule has 0 spiro atoms. The van der Waals surface area contributed by atoms with Crippen molar-refractivity contribution in [3.8, 4) is 5.75 Å². The van der Waals surface area contributed by atoms with E-state index in [1.807, 2.05) is 0 Å². The van der Waals surface area contributed by atoms with E-state index in [9.17, 15) is 18.0 Å². The normalized spacial score (nSPS) is 17.0. The number of anilines is 2. The van der Waals surface area contributed by atoms with E-state index < -0.39 is 15.9 Å². The largest absolute Gasteiger partial charge is 0.496 e. The Morgan fingerprint density at radius 2 is 1.83 bits per heavy atom. The van der Waals surface area contributed by atoms with Gasteiger partial charge in [-0.3, -0.25) is 14.5 Å². The van der Waals surface area contributed by atoms with Crippen molar-refractivity contribution >= 4 is 33.2 Å². The summed E-state index contributed by atoms with van der Waals surface area (Å²) in [7, 11) is -2.28. The zero-order valence-electron chi connectivity index (χ0n) is 15.9. The molecule has 2 aliphatic rings. The number of methoxy groups -OCH3 is 1. The van der Waals surface area contributed by atoms with Gasteiger partial charge in [0.05, 0.1) is 28.9 Å². The number of para-hydroxylation sites is 2. The standard InChI is InChI=1S/C20H21N3O5S/c1-28-18-9-8-14(29(26,27)22-10-4-5-11-22)12-15(18)20(25)23-13-19(24)21-16-6-2-3-7-17(16)23/h2-3,6-9,12H,4-5,10-11,13H2,1H3,(H,21,24). The monoisotopic (exact) mass is 415 g/mol. The van der Waals surface area contributed by atoms with E-state index in [0.717, 1.165) is 12.8 Å². The Labute approximate surface area is 169 Å². The van der Waals surface area contributed by atoms with Crippen LogP contribution >= 0.6 is 0 Å². The summed E-state index contributed by atoms with van der Waals surface area (Å²) in [6.45, 7) is 0.775. The molecule has 0 aromatic heterocycles. The van der Waals surface area contributed by atoms with Gasteiger partial charge in [0.1, 0.15) is 12.3 Å². The molecule has 0 saturated carbocycles. The van der Waals surface area contributed by atoms with Gasteiger partial charge in [-0.2, -0.15) is 4.31 Å². The first kappa shape index (κ1) is 19.4. The zero-order valence-corrected chi connectivity index (χ0v) is 16.7. The molecular weight excluding hydrogens is 394 g/mol. The second-order valence-corrected chi connectivity index (χ2v) is 8.87. The zero-order chi connectivity index (χ0) is 20.6. The van der Waals surface area contributed by atoms with Crippen LogP contribution in [-0.2, 0) is 14.8 Å². The highest BCUT2D eigenvalue weighted by molar-refractivity contribution is 7.89. The first-order valence-corrected chi connectivity index (χ1v) is 10.7. The molecule has 0 bridgehead atoms. The van der Waals surface area contributed by atoms with Crippen molar-refractivity contribution in [2.45, 2.75) is 17.7 Å². The lowest BCUT2D eigenvalue weighted by Gasteiger charge is -2.29. The van der Waals surface area contributed by atoms with Crippen LogP contribution in [0.1, 0.15) is 23.2 Å². The summed E-state index contributed by atoms with van der Waals surface area (Å²) in [5, 5.41) is 2.73. The molecule has 9 heteroatoms. The quantitative estimate of drug-likeness (QED) is 0.825. The number of carbonyl (C=O) groups excluding carboxylic acids is 2. The molecule has 2 amide bonds. The van der Waals surface area contributed by atoms with Gasteiger partial charge >= 0.3 is 0 Å². The molecule has 1 saturated heterocycles. The summed E-state index contributed by atoms with van der Waals surface area (Å²) >= 11 is 0. The molecule has 2 aliphatic heterocycles. The van der Waals surface area contributed by atoms with Crippen molar-refractivity contribution in [2.75, 3.05) is 37.0 Å². The third-order valence-corrected chi connectivity index (χ3v) is 7.01. The average Bonchev–Trinajstić information content (AvgIpc) is 3.28. The highest BCUT2D eigenvalue weighted by Gasteiger charge is 2.32. The fraction of sp³-hybridized carbons (Fsp3) is 0.300. The maximum atomic E-state index is 13.3. The van der Waals surface area contributed by atoms with Gasteiger partial charge in [0.2, 0.25) is 15.9 Å². The van der Waals surface area contributed by atoms with Crippen molar-refractivity contribution < 1.29 is 22.7 Å². The van der Waals surface area contributed by atoms with E-state index in [1.165, 1.54) is 34.5 Å². The minimum atomic E-state index is -3.69. The molecule has 29 heavy (non-hydrogen) atoms. The topological polar surface area (TPSA) is 96.0 Å². The lowest BCUT2D eigenvalue weighted by atomic mass is 10.1. The Balaban J connectivity index is 1.76. The van der Waals surface area contributed by atoms with Gasteiger partial charge < -0.3 is 10.1 Å². The molecule has 1 N–H and O–H groups in total. The second-order valence-electron chi connectivity index (χ2n) is 6.93. The van der Waals surface area contributed by atoms with Crippen LogP contribution in [0.5, 0.6) is 5.75 Å². The van der Waals surface area contributed by atoms with Crippen LogP contribution in [0.3, 0.4) is 0 Å². The molecular formula is C20H21N3O5S. The minimum Gasteiger partial charge on any atom is -0.496 e. The lowest BCUT2D eigenvalue weighted by molar-refractivity contribution is -0.115. The molecule has 2 aromatic rings.